The molecular weight excluding hydrogens is 150 g/mol. The summed E-state index contributed by atoms with van der Waals surface area (Å²) in [7, 11) is 0. The van der Waals surface area contributed by atoms with Crippen LogP contribution in [0.3, 0.4) is 0 Å². The van der Waals surface area contributed by atoms with Gasteiger partial charge in [-0.15, -0.1) is 0 Å². The second kappa shape index (κ2) is 2.84. The minimum absolute atomic E-state index is 0.104. The maximum Gasteiger partial charge on any atom is 0.125 e. The number of rotatable bonds is 1. The zero-order valence-electron chi connectivity index (χ0n) is 8.48. The number of hydrogen-bond donors (Lipinski definition) is 1. The first-order chi connectivity index (χ1) is 5.37. The average molecular weight is 169 g/mol. The monoisotopic (exact) mass is 169 g/mol. The molecule has 0 bridgehead atoms. The Hall–Kier alpha value is -0.370. The minimum atomic E-state index is -0.117. The number of piperidine rings is 1. The van der Waals surface area contributed by atoms with Crippen molar-refractivity contribution in [3.63, 3.8) is 0 Å². The molecule has 1 rings (SSSR count). The molecule has 2 heteroatoms. The Kier molecular flexibility index (Phi) is 2.30. The summed E-state index contributed by atoms with van der Waals surface area (Å²) in [5.41, 5.74) is -0.0124. The third kappa shape index (κ3) is 2.07. The van der Waals surface area contributed by atoms with E-state index in [4.69, 9.17) is 0 Å². The van der Waals surface area contributed by atoms with E-state index in [0.717, 1.165) is 19.1 Å². The van der Waals surface area contributed by atoms with Crippen molar-refractivity contribution in [1.82, 2.24) is 5.32 Å². The minimum Gasteiger partial charge on any atom is -0.309 e. The van der Waals surface area contributed by atoms with Gasteiger partial charge in [-0.2, -0.15) is 0 Å². The second-order valence-electron chi connectivity index (χ2n) is 5.08. The maximum atomic E-state index is 10.9. The van der Waals surface area contributed by atoms with Crippen LogP contribution in [-0.4, -0.2) is 17.9 Å². The normalized spacial score (nSPS) is 40.8. The van der Waals surface area contributed by atoms with Gasteiger partial charge in [-0.05, 0) is 33.6 Å². The van der Waals surface area contributed by atoms with Crippen LogP contribution in [0, 0.1) is 5.41 Å². The Balaban J connectivity index is 2.76. The van der Waals surface area contributed by atoms with Gasteiger partial charge in [-0.3, -0.25) is 0 Å². The van der Waals surface area contributed by atoms with Crippen molar-refractivity contribution in [2.45, 2.75) is 52.1 Å². The quantitative estimate of drug-likeness (QED) is 0.606. The topological polar surface area (TPSA) is 29.1 Å². The van der Waals surface area contributed by atoms with E-state index in [9.17, 15) is 4.79 Å². The van der Waals surface area contributed by atoms with Crippen molar-refractivity contribution in [3.05, 3.63) is 0 Å². The number of nitrogens with one attached hydrogen (secondary N) is 1. The fourth-order valence-corrected chi connectivity index (χ4v) is 2.64. The number of hydrogen-bond acceptors (Lipinski definition) is 2. The van der Waals surface area contributed by atoms with E-state index in [2.05, 4.69) is 33.0 Å². The largest absolute Gasteiger partial charge is 0.309 e. The van der Waals surface area contributed by atoms with E-state index < -0.39 is 0 Å². The third-order valence-electron chi connectivity index (χ3n) is 2.54. The summed E-state index contributed by atoms with van der Waals surface area (Å²) in [5, 5.41) is 3.49. The Morgan fingerprint density at radius 1 is 1.42 bits per heavy atom. The van der Waals surface area contributed by atoms with Crippen molar-refractivity contribution in [3.8, 4) is 0 Å². The van der Waals surface area contributed by atoms with Crippen molar-refractivity contribution < 1.29 is 4.79 Å². The van der Waals surface area contributed by atoms with E-state index in [1.165, 1.54) is 0 Å². The lowest BCUT2D eigenvalue weighted by Gasteiger charge is -2.44. The molecule has 1 heterocycles. The molecule has 0 aromatic carbocycles. The van der Waals surface area contributed by atoms with Crippen LogP contribution in [0.25, 0.3) is 0 Å². The van der Waals surface area contributed by atoms with Gasteiger partial charge in [0, 0.05) is 17.0 Å². The molecule has 2 nitrogen and oxygen atoms in total. The summed E-state index contributed by atoms with van der Waals surface area (Å²) in [5.74, 6) is 0. The molecule has 1 aliphatic heterocycles. The van der Waals surface area contributed by atoms with Crippen LogP contribution in [0.4, 0.5) is 0 Å². The molecule has 0 radical (unpaired) electrons. The van der Waals surface area contributed by atoms with Crippen molar-refractivity contribution in [2.75, 3.05) is 0 Å². The zero-order valence-corrected chi connectivity index (χ0v) is 8.48. The van der Waals surface area contributed by atoms with Crippen LogP contribution in [0.15, 0.2) is 0 Å². The lowest BCUT2D eigenvalue weighted by Crippen LogP contribution is -2.54. The highest BCUT2D eigenvalue weighted by molar-refractivity contribution is 5.59. The van der Waals surface area contributed by atoms with Gasteiger partial charge >= 0.3 is 0 Å². The molecule has 1 aliphatic rings. The van der Waals surface area contributed by atoms with E-state index in [0.29, 0.717) is 6.04 Å². The van der Waals surface area contributed by atoms with E-state index in [1.54, 1.807) is 0 Å². The molecule has 0 aliphatic carbocycles. The molecular formula is C10H19NO. The van der Waals surface area contributed by atoms with Gasteiger partial charge in [0.05, 0.1) is 0 Å². The molecule has 1 N–H and O–H groups in total. The van der Waals surface area contributed by atoms with Gasteiger partial charge in [0.2, 0.25) is 0 Å². The van der Waals surface area contributed by atoms with Crippen LogP contribution < -0.4 is 5.32 Å². The van der Waals surface area contributed by atoms with Gasteiger partial charge in [0.25, 0.3) is 0 Å². The van der Waals surface area contributed by atoms with Crippen molar-refractivity contribution >= 4 is 6.29 Å². The molecule has 2 unspecified atom stereocenters. The molecule has 0 amide bonds. The van der Waals surface area contributed by atoms with Crippen LogP contribution in [0.1, 0.15) is 40.5 Å². The highest BCUT2D eigenvalue weighted by Crippen LogP contribution is 2.35. The Labute approximate surface area is 74.7 Å². The molecule has 2 atom stereocenters. The van der Waals surface area contributed by atoms with Crippen LogP contribution in [0.5, 0.6) is 0 Å². The van der Waals surface area contributed by atoms with E-state index in [-0.39, 0.29) is 11.0 Å². The lowest BCUT2D eigenvalue weighted by molar-refractivity contribution is -0.118. The molecule has 12 heavy (non-hydrogen) atoms. The van der Waals surface area contributed by atoms with E-state index >= 15 is 0 Å². The first-order valence-corrected chi connectivity index (χ1v) is 4.61. The van der Waals surface area contributed by atoms with Crippen LogP contribution >= 0.6 is 0 Å². The molecule has 0 aromatic rings. The predicted molar refractivity (Wildman–Crippen MR) is 50.1 cm³/mol. The molecule has 0 aromatic heterocycles. The third-order valence-corrected chi connectivity index (χ3v) is 2.54. The fourth-order valence-electron chi connectivity index (χ4n) is 2.64. The first-order valence-electron chi connectivity index (χ1n) is 4.61. The van der Waals surface area contributed by atoms with Gasteiger partial charge in [-0.1, -0.05) is 6.92 Å². The van der Waals surface area contributed by atoms with Crippen molar-refractivity contribution in [2.24, 2.45) is 5.41 Å². The number of carbonyl (C=O) groups is 1. The summed E-state index contributed by atoms with van der Waals surface area (Å²) in [4.78, 5) is 10.9. The van der Waals surface area contributed by atoms with Gasteiger partial charge in [0.15, 0.2) is 0 Å². The highest BCUT2D eigenvalue weighted by atomic mass is 16.1. The van der Waals surface area contributed by atoms with Crippen LogP contribution in [0.2, 0.25) is 0 Å². The lowest BCUT2D eigenvalue weighted by atomic mass is 9.72. The van der Waals surface area contributed by atoms with E-state index in [1.807, 2.05) is 0 Å². The summed E-state index contributed by atoms with van der Waals surface area (Å²) in [6.45, 7) is 8.51. The molecule has 1 fully saturated rings. The van der Waals surface area contributed by atoms with Crippen LogP contribution in [-0.2, 0) is 4.79 Å². The SMILES string of the molecule is CC1CC(C)(C=O)CC(C)(C)N1. The van der Waals surface area contributed by atoms with Gasteiger partial charge < -0.3 is 10.1 Å². The summed E-state index contributed by atoms with van der Waals surface area (Å²) < 4.78 is 0. The highest BCUT2D eigenvalue weighted by Gasteiger charge is 2.38. The Morgan fingerprint density at radius 2 is 2.00 bits per heavy atom. The zero-order chi connectivity index (χ0) is 9.41. The maximum absolute atomic E-state index is 10.9. The predicted octanol–water partition coefficient (Wildman–Crippen LogP) is 1.74. The van der Waals surface area contributed by atoms with Crippen molar-refractivity contribution in [1.29, 1.82) is 0 Å². The summed E-state index contributed by atoms with van der Waals surface area (Å²) >= 11 is 0. The fraction of sp³-hybridized carbons (Fsp3) is 0.900. The first kappa shape index (κ1) is 9.72. The summed E-state index contributed by atoms with van der Waals surface area (Å²) in [6, 6.07) is 0.448. The average Bonchev–Trinajstić information content (AvgIpc) is 1.82. The molecule has 0 saturated carbocycles. The second-order valence-corrected chi connectivity index (χ2v) is 5.08. The van der Waals surface area contributed by atoms with Gasteiger partial charge in [-0.25, -0.2) is 0 Å². The Morgan fingerprint density at radius 3 is 2.42 bits per heavy atom. The summed E-state index contributed by atoms with van der Waals surface area (Å²) in [6.07, 6.45) is 3.01. The number of carbonyl (C=O) groups excluding carboxylic acids is 1. The Bertz CT molecular complexity index is 188. The molecule has 70 valence electrons. The van der Waals surface area contributed by atoms with Gasteiger partial charge in [0.1, 0.15) is 6.29 Å². The molecule has 0 spiro atoms. The standard InChI is InChI=1S/C10H19NO/c1-8-5-10(4,7-12)6-9(2,3)11-8/h7-8,11H,5-6H2,1-4H3. The number of aldehydes is 1. The smallest absolute Gasteiger partial charge is 0.125 e. The molecule has 1 saturated heterocycles.